The Balaban J connectivity index is 2.18. The smallest absolute Gasteiger partial charge is 0.242 e. The average Bonchev–Trinajstić information content (AvgIpc) is 2.75. The van der Waals surface area contributed by atoms with Crippen LogP contribution in [0.3, 0.4) is 0 Å². The molecule has 0 heterocycles. The van der Waals surface area contributed by atoms with Gasteiger partial charge in [0.2, 0.25) is 21.8 Å². The molecule has 0 saturated heterocycles. The van der Waals surface area contributed by atoms with E-state index in [9.17, 15) is 18.0 Å². The number of halogens is 2. The van der Waals surface area contributed by atoms with Crippen LogP contribution < -0.4 is 9.62 Å². The Morgan fingerprint density at radius 1 is 1.18 bits per heavy atom. The molecule has 2 aromatic carbocycles. The third kappa shape index (κ3) is 7.45. The lowest BCUT2D eigenvalue weighted by molar-refractivity contribution is -0.140. The third-order valence-corrected chi connectivity index (χ3v) is 7.40. The van der Waals surface area contributed by atoms with E-state index >= 15 is 0 Å². The van der Waals surface area contributed by atoms with Gasteiger partial charge in [-0.15, -0.1) is 0 Å². The first-order valence-corrected chi connectivity index (χ1v) is 13.5. The van der Waals surface area contributed by atoms with Crippen molar-refractivity contribution in [3.8, 4) is 0 Å². The predicted octanol–water partition coefficient (Wildman–Crippen LogP) is 4.12. The van der Waals surface area contributed by atoms with E-state index in [1.807, 2.05) is 24.3 Å². The minimum absolute atomic E-state index is 0.0843. The summed E-state index contributed by atoms with van der Waals surface area (Å²) in [5.41, 5.74) is 2.02. The molecule has 180 valence electrons. The Morgan fingerprint density at radius 2 is 1.85 bits per heavy atom. The summed E-state index contributed by atoms with van der Waals surface area (Å²) < 4.78 is 27.0. The molecule has 0 aliphatic carbocycles. The molecule has 0 aromatic heterocycles. The summed E-state index contributed by atoms with van der Waals surface area (Å²) in [6.45, 7) is 3.81. The number of carbonyl (C=O) groups is 2. The molecule has 1 atom stereocenters. The van der Waals surface area contributed by atoms with Crippen molar-refractivity contribution in [3.05, 3.63) is 63.1 Å². The first kappa shape index (κ1) is 27.1. The lowest BCUT2D eigenvalue weighted by Gasteiger charge is -2.29. The van der Waals surface area contributed by atoms with E-state index in [1.54, 1.807) is 32.0 Å². The monoisotopic (exact) mass is 557 g/mol. The molecular formula is C23H29BrClN3O4S. The lowest BCUT2D eigenvalue weighted by atomic mass is 10.1. The number of benzene rings is 2. The Hall–Kier alpha value is -2.10. The van der Waals surface area contributed by atoms with Gasteiger partial charge < -0.3 is 10.2 Å². The van der Waals surface area contributed by atoms with E-state index in [4.69, 9.17) is 11.6 Å². The van der Waals surface area contributed by atoms with E-state index in [2.05, 4.69) is 21.2 Å². The van der Waals surface area contributed by atoms with E-state index < -0.39 is 16.1 Å². The first-order chi connectivity index (χ1) is 15.5. The fraction of sp³-hybridized carbons (Fsp3) is 0.391. The molecule has 0 aliphatic heterocycles. The number of sulfonamides is 1. The van der Waals surface area contributed by atoms with Crippen molar-refractivity contribution < 1.29 is 18.0 Å². The summed E-state index contributed by atoms with van der Waals surface area (Å²) >= 11 is 9.60. The number of nitrogens with zero attached hydrogens (tertiary/aromatic N) is 2. The van der Waals surface area contributed by atoms with Crippen LogP contribution in [0.1, 0.15) is 30.9 Å². The van der Waals surface area contributed by atoms with Crippen molar-refractivity contribution in [2.45, 2.75) is 39.3 Å². The van der Waals surface area contributed by atoms with Gasteiger partial charge in [-0.05, 0) is 55.7 Å². The van der Waals surface area contributed by atoms with Gasteiger partial charge in [0.05, 0.1) is 11.9 Å². The molecule has 1 N–H and O–H groups in total. The molecule has 0 radical (unpaired) electrons. The van der Waals surface area contributed by atoms with E-state index in [0.717, 1.165) is 16.3 Å². The lowest BCUT2D eigenvalue weighted by Crippen LogP contribution is -2.46. The first-order valence-electron chi connectivity index (χ1n) is 10.4. The standard InChI is InChI=1S/C23H29BrClN3O4S/c1-16-20(25)10-6-11-21(16)28(33(4,31)32)13-7-12-22(29)27(17(2)23(30)26-3)15-18-8-5-9-19(24)14-18/h5-6,8-11,14,17H,7,12-13,15H2,1-4H3,(H,26,30). The minimum atomic E-state index is -3.58. The molecule has 2 amide bonds. The van der Waals surface area contributed by atoms with E-state index in [0.29, 0.717) is 16.3 Å². The van der Waals surface area contributed by atoms with Gasteiger partial charge in [0.15, 0.2) is 0 Å². The molecule has 0 saturated carbocycles. The maximum absolute atomic E-state index is 13.1. The topological polar surface area (TPSA) is 86.8 Å². The molecular weight excluding hydrogens is 530 g/mol. The summed E-state index contributed by atoms with van der Waals surface area (Å²) in [7, 11) is -2.06. The van der Waals surface area contributed by atoms with Crippen LogP contribution in [0.5, 0.6) is 0 Å². The number of nitrogens with one attached hydrogen (secondary N) is 1. The molecule has 1 unspecified atom stereocenters. The quantitative estimate of drug-likeness (QED) is 0.475. The summed E-state index contributed by atoms with van der Waals surface area (Å²) in [4.78, 5) is 26.9. The zero-order valence-electron chi connectivity index (χ0n) is 19.1. The normalized spacial score (nSPS) is 12.2. The highest BCUT2D eigenvalue weighted by Crippen LogP contribution is 2.28. The highest BCUT2D eigenvalue weighted by Gasteiger charge is 2.26. The van der Waals surface area contributed by atoms with Crippen molar-refractivity contribution in [1.29, 1.82) is 0 Å². The van der Waals surface area contributed by atoms with Gasteiger partial charge in [0.1, 0.15) is 6.04 Å². The number of rotatable bonds is 10. The fourth-order valence-electron chi connectivity index (χ4n) is 3.47. The molecule has 0 fully saturated rings. The van der Waals surface area contributed by atoms with Gasteiger partial charge in [-0.2, -0.15) is 0 Å². The van der Waals surface area contributed by atoms with Gasteiger partial charge in [-0.3, -0.25) is 13.9 Å². The number of anilines is 1. The second-order valence-electron chi connectivity index (χ2n) is 7.76. The minimum Gasteiger partial charge on any atom is -0.357 e. The van der Waals surface area contributed by atoms with Crippen LogP contribution in [-0.2, 0) is 26.2 Å². The van der Waals surface area contributed by atoms with Gasteiger partial charge in [0, 0.05) is 36.1 Å². The molecule has 10 heteroatoms. The van der Waals surface area contributed by atoms with Gasteiger partial charge in [0.25, 0.3) is 0 Å². The van der Waals surface area contributed by atoms with Crippen LogP contribution >= 0.6 is 27.5 Å². The van der Waals surface area contributed by atoms with Crippen LogP contribution in [0.4, 0.5) is 5.69 Å². The van der Waals surface area contributed by atoms with Crippen LogP contribution in [0.25, 0.3) is 0 Å². The zero-order valence-corrected chi connectivity index (χ0v) is 22.3. The fourth-order valence-corrected chi connectivity index (χ4v) is 5.10. The van der Waals surface area contributed by atoms with Gasteiger partial charge in [-0.1, -0.05) is 45.7 Å². The highest BCUT2D eigenvalue weighted by molar-refractivity contribution is 9.10. The largest absolute Gasteiger partial charge is 0.357 e. The van der Waals surface area contributed by atoms with Crippen molar-refractivity contribution in [2.75, 3.05) is 24.2 Å². The van der Waals surface area contributed by atoms with Crippen LogP contribution in [0.15, 0.2) is 46.9 Å². The summed E-state index contributed by atoms with van der Waals surface area (Å²) in [6.07, 6.45) is 1.50. The number of hydrogen-bond donors (Lipinski definition) is 1. The Kier molecular flexibility index (Phi) is 9.75. The van der Waals surface area contributed by atoms with Crippen molar-refractivity contribution in [2.24, 2.45) is 0 Å². The maximum Gasteiger partial charge on any atom is 0.242 e. The van der Waals surface area contributed by atoms with Gasteiger partial charge in [-0.25, -0.2) is 8.42 Å². The summed E-state index contributed by atoms with van der Waals surface area (Å²) in [5, 5.41) is 3.05. The van der Waals surface area contributed by atoms with Crippen molar-refractivity contribution >= 4 is 55.1 Å². The molecule has 2 aromatic rings. The van der Waals surface area contributed by atoms with Crippen molar-refractivity contribution in [1.82, 2.24) is 10.2 Å². The van der Waals surface area contributed by atoms with Crippen molar-refractivity contribution in [3.63, 3.8) is 0 Å². The second-order valence-corrected chi connectivity index (χ2v) is 11.0. The Bertz CT molecular complexity index is 1110. The second kappa shape index (κ2) is 11.9. The molecule has 2 rings (SSSR count). The Labute approximate surface area is 209 Å². The maximum atomic E-state index is 13.1. The molecule has 0 aliphatic rings. The highest BCUT2D eigenvalue weighted by atomic mass is 79.9. The number of likely N-dealkylation sites (N-methyl/N-ethyl adjacent to an activating group) is 1. The summed E-state index contributed by atoms with van der Waals surface area (Å²) in [5.74, 6) is -0.506. The van der Waals surface area contributed by atoms with E-state index in [-0.39, 0.29) is 37.7 Å². The Morgan fingerprint density at radius 3 is 2.45 bits per heavy atom. The molecule has 7 nitrogen and oxygen atoms in total. The van der Waals surface area contributed by atoms with E-state index in [1.165, 1.54) is 16.3 Å². The molecule has 0 bridgehead atoms. The summed E-state index contributed by atoms with van der Waals surface area (Å²) in [6, 6.07) is 11.9. The van der Waals surface area contributed by atoms with Gasteiger partial charge >= 0.3 is 0 Å². The molecule has 33 heavy (non-hydrogen) atoms. The SMILES string of the molecule is CNC(=O)C(C)N(Cc1cccc(Br)c1)C(=O)CCCN(c1cccc(Cl)c1C)S(C)(=O)=O. The number of carbonyl (C=O) groups excluding carboxylic acids is 2. The van der Waals surface area contributed by atoms with Crippen LogP contribution in [0, 0.1) is 6.92 Å². The number of hydrogen-bond acceptors (Lipinski definition) is 4. The predicted molar refractivity (Wildman–Crippen MR) is 136 cm³/mol. The average molecular weight is 559 g/mol. The third-order valence-electron chi connectivity index (χ3n) is 5.32. The number of amides is 2. The molecule has 0 spiro atoms. The van der Waals surface area contributed by atoms with Crippen LogP contribution in [-0.4, -0.2) is 51.0 Å². The zero-order chi connectivity index (χ0) is 24.8. The van der Waals surface area contributed by atoms with Crippen LogP contribution in [0.2, 0.25) is 5.02 Å².